The van der Waals surface area contributed by atoms with Crippen LogP contribution in [0, 0.1) is 0 Å². The van der Waals surface area contributed by atoms with Gasteiger partial charge in [-0.3, -0.25) is 4.79 Å². The second-order valence-electron chi connectivity index (χ2n) is 6.72. The quantitative estimate of drug-likeness (QED) is 0.367. The molecule has 1 aromatic heterocycles. The van der Waals surface area contributed by atoms with Gasteiger partial charge in [-0.25, -0.2) is 0 Å². The largest absolute Gasteiger partial charge is 0.497 e. The summed E-state index contributed by atoms with van der Waals surface area (Å²) >= 11 is 3.25. The number of rotatable bonds is 7. The number of amides is 1. The zero-order chi connectivity index (χ0) is 21.6. The van der Waals surface area contributed by atoms with Crippen molar-refractivity contribution in [3.8, 4) is 17.2 Å². The van der Waals surface area contributed by atoms with Gasteiger partial charge in [0.05, 0.1) is 17.3 Å². The fourth-order valence-corrected chi connectivity index (χ4v) is 4.58. The molecule has 7 heteroatoms. The summed E-state index contributed by atoms with van der Waals surface area (Å²) in [5.74, 6) is 2.74. The lowest BCUT2D eigenvalue weighted by Crippen LogP contribution is -2.18. The maximum atomic E-state index is 13.0. The van der Waals surface area contributed by atoms with E-state index in [9.17, 15) is 4.79 Å². The third-order valence-electron chi connectivity index (χ3n) is 4.67. The van der Waals surface area contributed by atoms with Gasteiger partial charge in [-0.05, 0) is 54.8 Å². The average molecular weight is 451 g/mol. The number of ether oxygens (including phenoxy) is 2. The molecule has 0 aliphatic rings. The molecule has 0 atom stereocenters. The number of hydrogen-bond acceptors (Lipinski definition) is 5. The van der Waals surface area contributed by atoms with Crippen molar-refractivity contribution < 1.29 is 14.3 Å². The molecule has 4 rings (SSSR count). The molecule has 0 unspecified atom stereocenters. The van der Waals surface area contributed by atoms with Crippen molar-refractivity contribution in [1.29, 1.82) is 0 Å². The highest BCUT2D eigenvalue weighted by atomic mass is 32.2. The van der Waals surface area contributed by atoms with Gasteiger partial charge in [-0.15, -0.1) is 0 Å². The van der Waals surface area contributed by atoms with Crippen LogP contribution < -0.4 is 14.3 Å². The summed E-state index contributed by atoms with van der Waals surface area (Å²) in [5, 5.41) is 0. The highest BCUT2D eigenvalue weighted by Gasteiger charge is 2.11. The number of thioether (sulfide) groups is 1. The molecule has 0 saturated carbocycles. The van der Waals surface area contributed by atoms with E-state index in [-0.39, 0.29) is 5.91 Å². The zero-order valence-electron chi connectivity index (χ0n) is 17.3. The molecular formula is C24H22N2O3S2. The first-order chi connectivity index (χ1) is 15.2. The number of methoxy groups -OCH3 is 1. The molecule has 0 aliphatic carbocycles. The minimum Gasteiger partial charge on any atom is -0.497 e. The zero-order valence-corrected chi connectivity index (χ0v) is 18.9. The van der Waals surface area contributed by atoms with Crippen LogP contribution >= 0.6 is 23.1 Å². The van der Waals surface area contributed by atoms with E-state index in [2.05, 4.69) is 15.8 Å². The van der Waals surface area contributed by atoms with Crippen molar-refractivity contribution in [3.63, 3.8) is 0 Å². The standard InChI is InChI=1S/C24H22N2O3S2/c1-28-19-11-12-21-22(16-19)31-24(26(21)13-14-30-2)25-23(27)17-7-6-10-20(15-17)29-18-8-4-3-5-9-18/h3-12,15-16H,13-14H2,1-2H3. The molecule has 1 heterocycles. The number of nitrogens with zero attached hydrogens (tertiary/aromatic N) is 2. The second-order valence-corrected chi connectivity index (χ2v) is 8.72. The highest BCUT2D eigenvalue weighted by Crippen LogP contribution is 2.24. The van der Waals surface area contributed by atoms with E-state index in [1.165, 1.54) is 11.3 Å². The summed E-state index contributed by atoms with van der Waals surface area (Å²) in [6.45, 7) is 0.775. The maximum absolute atomic E-state index is 13.0. The van der Waals surface area contributed by atoms with Gasteiger partial charge in [0.2, 0.25) is 0 Å². The second kappa shape index (κ2) is 9.85. The molecule has 158 valence electrons. The normalized spacial score (nSPS) is 11.6. The Balaban J connectivity index is 1.69. The van der Waals surface area contributed by atoms with E-state index in [0.717, 1.165) is 34.0 Å². The topological polar surface area (TPSA) is 52.8 Å². The Hall–Kier alpha value is -3.03. The van der Waals surface area contributed by atoms with Crippen molar-refractivity contribution >= 4 is 39.2 Å². The Labute approximate surface area is 189 Å². The third-order valence-corrected chi connectivity index (χ3v) is 6.30. The fraction of sp³-hybridized carbons (Fsp3) is 0.167. The van der Waals surface area contributed by atoms with Gasteiger partial charge in [0.25, 0.3) is 5.91 Å². The summed E-state index contributed by atoms with van der Waals surface area (Å²) in [6.07, 6.45) is 2.07. The number of fused-ring (bicyclic) bond motifs is 1. The number of hydrogen-bond donors (Lipinski definition) is 0. The fourth-order valence-electron chi connectivity index (χ4n) is 3.13. The Morgan fingerprint density at radius 1 is 1.00 bits per heavy atom. The van der Waals surface area contributed by atoms with E-state index in [1.54, 1.807) is 37.1 Å². The van der Waals surface area contributed by atoms with E-state index < -0.39 is 0 Å². The molecule has 0 spiro atoms. The molecule has 0 fully saturated rings. The molecule has 3 aromatic carbocycles. The molecule has 0 N–H and O–H groups in total. The van der Waals surface area contributed by atoms with E-state index in [4.69, 9.17) is 9.47 Å². The summed E-state index contributed by atoms with van der Waals surface area (Å²) < 4.78 is 14.3. The summed E-state index contributed by atoms with van der Waals surface area (Å²) in [5.41, 5.74) is 1.53. The number of para-hydroxylation sites is 1. The van der Waals surface area contributed by atoms with Gasteiger partial charge in [-0.1, -0.05) is 35.6 Å². The Morgan fingerprint density at radius 2 is 1.81 bits per heavy atom. The molecule has 0 aliphatic heterocycles. The Morgan fingerprint density at radius 3 is 2.58 bits per heavy atom. The molecule has 31 heavy (non-hydrogen) atoms. The number of aryl methyl sites for hydroxylation is 1. The number of carbonyl (C=O) groups excluding carboxylic acids is 1. The van der Waals surface area contributed by atoms with Crippen molar-refractivity contribution in [2.24, 2.45) is 4.99 Å². The number of carbonyl (C=O) groups is 1. The number of benzene rings is 3. The van der Waals surface area contributed by atoms with Crippen LogP contribution in [0.5, 0.6) is 17.2 Å². The third kappa shape index (κ3) is 5.00. The van der Waals surface area contributed by atoms with Gasteiger partial charge >= 0.3 is 0 Å². The minimum atomic E-state index is -0.296. The van der Waals surface area contributed by atoms with Crippen LogP contribution in [0.2, 0.25) is 0 Å². The Kier molecular flexibility index (Phi) is 6.74. The maximum Gasteiger partial charge on any atom is 0.279 e. The lowest BCUT2D eigenvalue weighted by Gasteiger charge is -2.06. The lowest BCUT2D eigenvalue weighted by atomic mass is 10.2. The first-order valence-electron chi connectivity index (χ1n) is 9.76. The molecule has 0 saturated heterocycles. The number of aromatic nitrogens is 1. The first-order valence-corrected chi connectivity index (χ1v) is 12.0. The molecule has 1 amide bonds. The van der Waals surface area contributed by atoms with Gasteiger partial charge in [0.1, 0.15) is 17.2 Å². The van der Waals surface area contributed by atoms with Crippen LogP contribution in [0.25, 0.3) is 10.2 Å². The van der Waals surface area contributed by atoms with Crippen molar-refractivity contribution in [2.45, 2.75) is 6.54 Å². The summed E-state index contributed by atoms with van der Waals surface area (Å²) in [4.78, 5) is 18.1. The molecule has 0 bridgehead atoms. The first kappa shape index (κ1) is 21.2. The van der Waals surface area contributed by atoms with Gasteiger partial charge in [0.15, 0.2) is 4.80 Å². The monoisotopic (exact) mass is 450 g/mol. The summed E-state index contributed by atoms with van der Waals surface area (Å²) in [6, 6.07) is 22.5. The van der Waals surface area contributed by atoms with Crippen LogP contribution in [-0.4, -0.2) is 29.6 Å². The van der Waals surface area contributed by atoms with Crippen LogP contribution in [0.3, 0.4) is 0 Å². The average Bonchev–Trinajstić information content (AvgIpc) is 3.14. The predicted octanol–water partition coefficient (Wildman–Crippen LogP) is 5.61. The van der Waals surface area contributed by atoms with E-state index >= 15 is 0 Å². The van der Waals surface area contributed by atoms with Crippen molar-refractivity contribution in [3.05, 3.63) is 83.2 Å². The van der Waals surface area contributed by atoms with Crippen molar-refractivity contribution in [2.75, 3.05) is 19.1 Å². The van der Waals surface area contributed by atoms with Gasteiger partial charge in [-0.2, -0.15) is 16.8 Å². The Bertz CT molecular complexity index is 1260. The molecule has 4 aromatic rings. The van der Waals surface area contributed by atoms with E-state index in [0.29, 0.717) is 16.1 Å². The van der Waals surface area contributed by atoms with Crippen LogP contribution in [0.4, 0.5) is 0 Å². The summed E-state index contributed by atoms with van der Waals surface area (Å²) in [7, 11) is 1.65. The SMILES string of the molecule is COc1ccc2c(c1)sc(=NC(=O)c1cccc(Oc3ccccc3)c1)n2CCSC. The lowest BCUT2D eigenvalue weighted by molar-refractivity contribution is 0.0997. The van der Waals surface area contributed by atoms with Crippen LogP contribution in [-0.2, 0) is 6.54 Å². The van der Waals surface area contributed by atoms with Crippen molar-refractivity contribution in [1.82, 2.24) is 4.57 Å². The van der Waals surface area contributed by atoms with Gasteiger partial charge in [0, 0.05) is 17.9 Å². The predicted molar refractivity (Wildman–Crippen MR) is 128 cm³/mol. The van der Waals surface area contributed by atoms with Gasteiger partial charge < -0.3 is 14.0 Å². The van der Waals surface area contributed by atoms with Crippen LogP contribution in [0.15, 0.2) is 77.8 Å². The minimum absolute atomic E-state index is 0.296. The van der Waals surface area contributed by atoms with E-state index in [1.807, 2.05) is 54.6 Å². The highest BCUT2D eigenvalue weighted by molar-refractivity contribution is 7.98. The van der Waals surface area contributed by atoms with Crippen LogP contribution in [0.1, 0.15) is 10.4 Å². The number of thiazole rings is 1. The molecule has 0 radical (unpaired) electrons. The molecule has 5 nitrogen and oxygen atoms in total. The molecular weight excluding hydrogens is 428 g/mol. The smallest absolute Gasteiger partial charge is 0.279 e.